The van der Waals surface area contributed by atoms with Crippen molar-refractivity contribution in [1.29, 1.82) is 0 Å². The average molecular weight is 495 g/mol. The van der Waals surface area contributed by atoms with E-state index >= 15 is 0 Å². The Morgan fingerprint density at radius 2 is 0.618 bits per heavy atom. The third-order valence-electron chi connectivity index (χ3n) is 5.69. The number of benzene rings is 4. The summed E-state index contributed by atoms with van der Waals surface area (Å²) in [7, 11) is -6.40. The zero-order valence-electron chi connectivity index (χ0n) is 19.1. The molecule has 0 saturated carbocycles. The van der Waals surface area contributed by atoms with Gasteiger partial charge in [0.05, 0.1) is 0 Å². The Morgan fingerprint density at radius 3 is 0.794 bits per heavy atom. The van der Waals surface area contributed by atoms with Gasteiger partial charge < -0.3 is 14.7 Å². The molecule has 34 heavy (non-hydrogen) atoms. The summed E-state index contributed by atoms with van der Waals surface area (Å²) in [6, 6.07) is 44.4. The molecule has 178 valence electrons. The summed E-state index contributed by atoms with van der Waals surface area (Å²) in [5, 5.41) is 0. The fourth-order valence-corrected chi connectivity index (χ4v) is 9.65. The first kappa shape index (κ1) is 26.0. The van der Waals surface area contributed by atoms with Gasteiger partial charge >= 0.3 is 183 Å². The van der Waals surface area contributed by atoms with E-state index in [1.165, 1.54) is 46.9 Å². The molecular formula is C28H32O4P2. The van der Waals surface area contributed by atoms with Gasteiger partial charge in [0, 0.05) is 0 Å². The molecule has 0 aliphatic rings. The van der Waals surface area contributed by atoms with Crippen molar-refractivity contribution in [3.8, 4) is 0 Å². The first-order valence-corrected chi connectivity index (χ1v) is 15.6. The molecule has 0 aliphatic heterocycles. The van der Waals surface area contributed by atoms with Crippen LogP contribution in [0.25, 0.3) is 0 Å². The maximum absolute atomic E-state index is 8.88. The SMILES string of the molecule is O=P(O)(O)O.c1ccc(C[PH](Cc2ccccc2)(Cc2ccccc2)Cc2ccccc2)cc1. The van der Waals surface area contributed by atoms with Gasteiger partial charge in [-0.1, -0.05) is 0 Å². The average Bonchev–Trinajstić information content (AvgIpc) is 2.80. The van der Waals surface area contributed by atoms with Crippen LogP contribution in [0.15, 0.2) is 121 Å². The standard InChI is InChI=1S/C28H29P.H3O4P/c1-5-13-25(14-6-1)21-29(22-26-15-7-2-8-16-26,23-27-17-9-3-10-18-27)24-28-19-11-4-12-20-28;1-5(2,3)4/h1-20,29H,21-24H2;(H3,1,2,3,4). The second-order valence-electron chi connectivity index (χ2n) is 8.66. The summed E-state index contributed by atoms with van der Waals surface area (Å²) >= 11 is 0. The van der Waals surface area contributed by atoms with E-state index in [1.807, 2.05) is 0 Å². The normalized spacial score (nSPS) is 11.9. The van der Waals surface area contributed by atoms with Gasteiger partial charge in [0.15, 0.2) is 0 Å². The van der Waals surface area contributed by atoms with E-state index in [-0.39, 0.29) is 0 Å². The number of hydrogen-bond acceptors (Lipinski definition) is 1. The fourth-order valence-electron chi connectivity index (χ4n) is 4.49. The van der Waals surface area contributed by atoms with Crippen LogP contribution in [0, 0.1) is 0 Å². The van der Waals surface area contributed by atoms with Gasteiger partial charge in [0.2, 0.25) is 0 Å². The van der Waals surface area contributed by atoms with Crippen molar-refractivity contribution in [2.24, 2.45) is 0 Å². The molecule has 0 saturated heterocycles. The number of phosphoric acid groups is 1. The molecule has 3 N–H and O–H groups in total. The summed E-state index contributed by atoms with van der Waals surface area (Å²) < 4.78 is 8.88. The van der Waals surface area contributed by atoms with Crippen LogP contribution in [0.1, 0.15) is 22.3 Å². The number of hydrogen-bond donors (Lipinski definition) is 3. The van der Waals surface area contributed by atoms with Crippen molar-refractivity contribution < 1.29 is 19.2 Å². The van der Waals surface area contributed by atoms with E-state index < -0.39 is 15.1 Å². The molecule has 0 aromatic heterocycles. The molecule has 0 fully saturated rings. The van der Waals surface area contributed by atoms with Crippen LogP contribution in [0.4, 0.5) is 0 Å². The van der Waals surface area contributed by atoms with E-state index in [4.69, 9.17) is 19.2 Å². The van der Waals surface area contributed by atoms with E-state index in [1.54, 1.807) is 0 Å². The molecular weight excluding hydrogens is 462 g/mol. The first-order valence-electron chi connectivity index (χ1n) is 11.3. The van der Waals surface area contributed by atoms with E-state index in [9.17, 15) is 0 Å². The molecule has 6 heteroatoms. The van der Waals surface area contributed by atoms with Crippen LogP contribution in [0.3, 0.4) is 0 Å². The molecule has 0 radical (unpaired) electrons. The molecule has 0 amide bonds. The van der Waals surface area contributed by atoms with Crippen molar-refractivity contribution in [1.82, 2.24) is 0 Å². The van der Waals surface area contributed by atoms with Crippen molar-refractivity contribution in [2.75, 3.05) is 0 Å². The Hall–Kier alpha value is -2.58. The second-order valence-corrected chi connectivity index (χ2v) is 14.1. The Kier molecular flexibility index (Phi) is 9.77. The van der Waals surface area contributed by atoms with Gasteiger partial charge in [-0.2, -0.15) is 0 Å². The van der Waals surface area contributed by atoms with E-state index in [0.717, 1.165) is 0 Å². The summed E-state index contributed by atoms with van der Waals surface area (Å²) in [6.45, 7) is 0. The van der Waals surface area contributed by atoms with Gasteiger partial charge in [0.1, 0.15) is 0 Å². The van der Waals surface area contributed by atoms with Crippen molar-refractivity contribution in [3.63, 3.8) is 0 Å². The molecule has 4 aromatic rings. The van der Waals surface area contributed by atoms with Crippen molar-refractivity contribution in [3.05, 3.63) is 144 Å². The Bertz CT molecular complexity index is 968. The maximum atomic E-state index is 8.88. The van der Waals surface area contributed by atoms with Gasteiger partial charge in [-0.25, -0.2) is 4.57 Å². The molecule has 0 spiro atoms. The van der Waals surface area contributed by atoms with Gasteiger partial charge in [-0.05, 0) is 0 Å². The Balaban J connectivity index is 0.000000588. The summed E-state index contributed by atoms with van der Waals surface area (Å²) in [5.74, 6) is 0. The summed E-state index contributed by atoms with van der Waals surface area (Å²) in [5.41, 5.74) is 5.90. The topological polar surface area (TPSA) is 77.8 Å². The van der Waals surface area contributed by atoms with E-state index in [0.29, 0.717) is 0 Å². The van der Waals surface area contributed by atoms with Crippen LogP contribution in [0.5, 0.6) is 0 Å². The predicted molar refractivity (Wildman–Crippen MR) is 143 cm³/mol. The van der Waals surface area contributed by atoms with Crippen LogP contribution in [0.2, 0.25) is 0 Å². The van der Waals surface area contributed by atoms with Crippen molar-refractivity contribution >= 4 is 15.1 Å². The monoisotopic (exact) mass is 494 g/mol. The van der Waals surface area contributed by atoms with Crippen LogP contribution in [-0.4, -0.2) is 14.7 Å². The molecule has 4 nitrogen and oxygen atoms in total. The first-order chi connectivity index (χ1) is 16.3. The van der Waals surface area contributed by atoms with E-state index in [2.05, 4.69) is 121 Å². The third-order valence-corrected chi connectivity index (χ3v) is 10.3. The van der Waals surface area contributed by atoms with Gasteiger partial charge in [0.25, 0.3) is 0 Å². The molecule has 0 atom stereocenters. The predicted octanol–water partition coefficient (Wildman–Crippen LogP) is 6.61. The molecule has 0 heterocycles. The quantitative estimate of drug-likeness (QED) is 0.241. The van der Waals surface area contributed by atoms with Gasteiger partial charge in [-0.15, -0.1) is 0 Å². The Morgan fingerprint density at radius 1 is 0.441 bits per heavy atom. The van der Waals surface area contributed by atoms with Gasteiger partial charge in [-0.3, -0.25) is 0 Å². The minimum absolute atomic E-state index is 1.20. The third kappa shape index (κ3) is 9.73. The molecule has 4 rings (SSSR count). The summed E-state index contributed by atoms with van der Waals surface area (Å²) in [6.07, 6.45) is 4.80. The zero-order valence-corrected chi connectivity index (χ0v) is 21.0. The van der Waals surface area contributed by atoms with Crippen LogP contribution >= 0.6 is 15.1 Å². The molecule has 4 aromatic carbocycles. The fraction of sp³-hybridized carbons (Fsp3) is 0.143. The zero-order chi connectivity index (χ0) is 24.3. The van der Waals surface area contributed by atoms with Crippen molar-refractivity contribution in [2.45, 2.75) is 24.6 Å². The number of rotatable bonds is 8. The van der Waals surface area contributed by atoms with Crippen LogP contribution < -0.4 is 0 Å². The molecule has 0 bridgehead atoms. The Labute approximate surface area is 202 Å². The minimum atomic E-state index is -4.64. The second kappa shape index (κ2) is 12.8. The molecule has 0 aliphatic carbocycles. The molecule has 0 unspecified atom stereocenters. The summed E-state index contributed by atoms with van der Waals surface area (Å²) in [4.78, 5) is 21.6. The van der Waals surface area contributed by atoms with Crippen LogP contribution in [-0.2, 0) is 29.2 Å².